The third-order valence-corrected chi connectivity index (χ3v) is 6.34. The van der Waals surface area contributed by atoms with Gasteiger partial charge in [-0.25, -0.2) is 0 Å². The van der Waals surface area contributed by atoms with Crippen LogP contribution in [-0.4, -0.2) is 20.1 Å². The predicted octanol–water partition coefficient (Wildman–Crippen LogP) is 4.45. The molecule has 0 aliphatic carbocycles. The lowest BCUT2D eigenvalue weighted by molar-refractivity contribution is 0.310. The van der Waals surface area contributed by atoms with E-state index in [0.717, 1.165) is 19.1 Å². The highest BCUT2D eigenvalue weighted by Crippen LogP contribution is 2.16. The van der Waals surface area contributed by atoms with Gasteiger partial charge in [-0.1, -0.05) is 46.0 Å². The molecule has 0 saturated carbocycles. The molecule has 0 aromatic carbocycles. The minimum absolute atomic E-state index is 0.247. The molecule has 0 aromatic heterocycles. The lowest BCUT2D eigenvalue weighted by Gasteiger charge is -2.16. The van der Waals surface area contributed by atoms with Crippen molar-refractivity contribution in [3.8, 4) is 0 Å². The van der Waals surface area contributed by atoms with Crippen LogP contribution in [-0.2, 0) is 4.43 Å². The van der Waals surface area contributed by atoms with Crippen LogP contribution >= 0.6 is 23.2 Å². The maximum atomic E-state index is 5.94. The lowest BCUT2D eigenvalue weighted by Crippen LogP contribution is -2.26. The van der Waals surface area contributed by atoms with Crippen LogP contribution in [0.15, 0.2) is 0 Å². The van der Waals surface area contributed by atoms with Crippen LogP contribution in [0.5, 0.6) is 0 Å². The molecule has 0 saturated heterocycles. The quantitative estimate of drug-likeness (QED) is 0.324. The lowest BCUT2D eigenvalue weighted by atomic mass is 10.2. The van der Waals surface area contributed by atoms with Crippen molar-refractivity contribution in [2.45, 2.75) is 62.9 Å². The number of halogens is 2. The molecule has 0 fully saturated rings. The van der Waals surface area contributed by atoms with Gasteiger partial charge in [-0.15, -0.1) is 23.2 Å². The van der Waals surface area contributed by atoms with E-state index in [-0.39, 0.29) is 4.46 Å². The molecule has 1 nitrogen and oxygen atoms in total. The van der Waals surface area contributed by atoms with Crippen molar-refractivity contribution in [3.63, 3.8) is 0 Å². The Morgan fingerprint density at radius 3 is 2.20 bits per heavy atom. The van der Waals surface area contributed by atoms with E-state index in [1.54, 1.807) is 0 Å². The van der Waals surface area contributed by atoms with Crippen LogP contribution in [0.1, 0.15) is 52.4 Å². The molecule has 1 atom stereocenters. The Bertz CT molecular complexity index is 134. The number of hydrogen-bond acceptors (Lipinski definition) is 1. The molecule has 4 heteroatoms. The minimum Gasteiger partial charge on any atom is -0.417 e. The molecule has 0 spiro atoms. The van der Waals surface area contributed by atoms with Gasteiger partial charge in [0.2, 0.25) is 9.04 Å². The summed E-state index contributed by atoms with van der Waals surface area (Å²) in [6.07, 6.45) is 7.40. The normalized spacial score (nSPS) is 13.4. The second kappa shape index (κ2) is 11.2. The maximum Gasteiger partial charge on any atom is 0.210 e. The number of hydrogen-bond donors (Lipinski definition) is 0. The van der Waals surface area contributed by atoms with E-state index in [4.69, 9.17) is 27.6 Å². The summed E-state index contributed by atoms with van der Waals surface area (Å²) in [5, 5.41) is 0. The van der Waals surface area contributed by atoms with Crippen LogP contribution in [0.3, 0.4) is 0 Å². The van der Waals surface area contributed by atoms with Crippen molar-refractivity contribution >= 4 is 32.2 Å². The third kappa shape index (κ3) is 9.67. The second-order valence-electron chi connectivity index (χ2n) is 3.95. The molecule has 0 radical (unpaired) electrons. The molecule has 0 aliphatic rings. The van der Waals surface area contributed by atoms with Gasteiger partial charge in [-0.2, -0.15) is 0 Å². The van der Waals surface area contributed by atoms with Crippen molar-refractivity contribution in [2.75, 3.05) is 6.61 Å². The summed E-state index contributed by atoms with van der Waals surface area (Å²) in [5.74, 6) is 0. The summed E-state index contributed by atoms with van der Waals surface area (Å²) in [7, 11) is -1.35. The summed E-state index contributed by atoms with van der Waals surface area (Å²) in [5.41, 5.74) is 0. The standard InChI is InChI=1S/C11H24Cl2OSi/c1-3-5-7-8-10-15(11(12)13)14-9-6-4-2/h11,15H,3-10H2,1-2H3. The van der Waals surface area contributed by atoms with Crippen molar-refractivity contribution in [1.82, 2.24) is 0 Å². The first kappa shape index (κ1) is 15.8. The molecule has 0 amide bonds. The van der Waals surface area contributed by atoms with E-state index in [1.807, 2.05) is 0 Å². The van der Waals surface area contributed by atoms with Crippen molar-refractivity contribution in [3.05, 3.63) is 0 Å². The van der Waals surface area contributed by atoms with Crippen molar-refractivity contribution < 1.29 is 4.43 Å². The Labute approximate surface area is 106 Å². The Morgan fingerprint density at radius 1 is 1.00 bits per heavy atom. The van der Waals surface area contributed by atoms with Gasteiger partial charge in [-0.3, -0.25) is 0 Å². The van der Waals surface area contributed by atoms with Gasteiger partial charge in [0.05, 0.1) is 0 Å². The van der Waals surface area contributed by atoms with Gasteiger partial charge in [0.25, 0.3) is 0 Å². The highest BCUT2D eigenvalue weighted by atomic mass is 35.5. The molecular weight excluding hydrogens is 247 g/mol. The van der Waals surface area contributed by atoms with Crippen LogP contribution in [0.25, 0.3) is 0 Å². The van der Waals surface area contributed by atoms with Crippen LogP contribution in [0, 0.1) is 0 Å². The summed E-state index contributed by atoms with van der Waals surface area (Å²) in [6.45, 7) is 5.23. The minimum atomic E-state index is -1.35. The second-order valence-corrected chi connectivity index (χ2v) is 8.61. The molecule has 0 aromatic rings. The SMILES string of the molecule is CCCCCC[SiH](OCCCC)C(Cl)Cl. The average molecular weight is 271 g/mol. The fourth-order valence-corrected chi connectivity index (χ4v) is 4.35. The molecule has 1 unspecified atom stereocenters. The maximum absolute atomic E-state index is 5.94. The molecule has 0 N–H and O–H groups in total. The van der Waals surface area contributed by atoms with Crippen LogP contribution in [0.4, 0.5) is 0 Å². The number of alkyl halides is 2. The zero-order valence-corrected chi connectivity index (χ0v) is 12.6. The third-order valence-electron chi connectivity index (χ3n) is 2.45. The molecule has 0 bridgehead atoms. The van der Waals surface area contributed by atoms with Crippen molar-refractivity contribution in [1.29, 1.82) is 0 Å². The molecule has 0 aliphatic heterocycles. The topological polar surface area (TPSA) is 9.23 Å². The van der Waals surface area contributed by atoms with Crippen molar-refractivity contribution in [2.24, 2.45) is 0 Å². The number of unbranched alkanes of at least 4 members (excludes halogenated alkanes) is 4. The van der Waals surface area contributed by atoms with Gasteiger partial charge >= 0.3 is 0 Å². The van der Waals surface area contributed by atoms with E-state index in [0.29, 0.717) is 0 Å². The Kier molecular flexibility index (Phi) is 11.8. The zero-order valence-electron chi connectivity index (χ0n) is 9.98. The summed E-state index contributed by atoms with van der Waals surface area (Å²) >= 11 is 11.9. The zero-order chi connectivity index (χ0) is 11.5. The van der Waals surface area contributed by atoms with E-state index in [2.05, 4.69) is 13.8 Å². The van der Waals surface area contributed by atoms with Crippen LogP contribution in [0.2, 0.25) is 6.04 Å². The number of rotatable bonds is 10. The van der Waals surface area contributed by atoms with Crippen LogP contribution < -0.4 is 0 Å². The van der Waals surface area contributed by atoms with E-state index < -0.39 is 9.04 Å². The average Bonchev–Trinajstić information content (AvgIpc) is 2.21. The molecule has 0 rings (SSSR count). The first-order valence-corrected chi connectivity index (χ1v) is 8.94. The fourth-order valence-electron chi connectivity index (χ4n) is 1.43. The first-order chi connectivity index (χ1) is 7.22. The Hall–Kier alpha value is 0.757. The Balaban J connectivity index is 3.54. The summed E-state index contributed by atoms with van der Waals surface area (Å²) in [6, 6.07) is 1.13. The van der Waals surface area contributed by atoms with Gasteiger partial charge < -0.3 is 4.43 Å². The van der Waals surface area contributed by atoms with Gasteiger partial charge in [0.15, 0.2) is 0 Å². The van der Waals surface area contributed by atoms with E-state index in [1.165, 1.54) is 32.1 Å². The Morgan fingerprint density at radius 2 is 1.67 bits per heavy atom. The van der Waals surface area contributed by atoms with Gasteiger partial charge in [0, 0.05) is 6.61 Å². The molecule has 15 heavy (non-hydrogen) atoms. The van der Waals surface area contributed by atoms with Gasteiger partial charge in [-0.05, 0) is 12.5 Å². The fraction of sp³-hybridized carbons (Fsp3) is 1.00. The monoisotopic (exact) mass is 270 g/mol. The summed E-state index contributed by atoms with van der Waals surface area (Å²) < 4.78 is 5.55. The van der Waals surface area contributed by atoms with E-state index in [9.17, 15) is 0 Å². The highest BCUT2D eigenvalue weighted by molar-refractivity contribution is 6.76. The highest BCUT2D eigenvalue weighted by Gasteiger charge is 2.19. The largest absolute Gasteiger partial charge is 0.417 e. The van der Waals surface area contributed by atoms with Gasteiger partial charge in [0.1, 0.15) is 4.46 Å². The molecular formula is C11H24Cl2OSi. The van der Waals surface area contributed by atoms with E-state index >= 15 is 0 Å². The summed E-state index contributed by atoms with van der Waals surface area (Å²) in [4.78, 5) is 0. The first-order valence-electron chi connectivity index (χ1n) is 6.12. The smallest absolute Gasteiger partial charge is 0.210 e. The predicted molar refractivity (Wildman–Crippen MR) is 72.5 cm³/mol. The molecule has 92 valence electrons. The molecule has 0 heterocycles.